The average Bonchev–Trinajstić information content (AvgIpc) is 2.32. The number of aliphatic imine (C=N–C) groups is 1. The Kier molecular flexibility index (Phi) is 5.46. The van der Waals surface area contributed by atoms with Gasteiger partial charge < -0.3 is 9.88 Å². The summed E-state index contributed by atoms with van der Waals surface area (Å²) in [6.07, 6.45) is 3.85. The first kappa shape index (κ1) is 13.5. The zero-order valence-electron chi connectivity index (χ0n) is 10.9. The van der Waals surface area contributed by atoms with Crippen molar-refractivity contribution in [3.63, 3.8) is 0 Å². The van der Waals surface area contributed by atoms with Gasteiger partial charge >= 0.3 is 0 Å². The first-order valence-electron chi connectivity index (χ1n) is 6.15. The minimum Gasteiger partial charge on any atom is -0.319 e. The number of hydrogen-bond donors (Lipinski definition) is 1. The van der Waals surface area contributed by atoms with Crippen LogP contribution in [0.25, 0.3) is 0 Å². The van der Waals surface area contributed by atoms with Crippen molar-refractivity contribution in [1.29, 1.82) is 0 Å². The van der Waals surface area contributed by atoms with Crippen molar-refractivity contribution >= 4 is 12.2 Å². The molecule has 0 unspecified atom stereocenters. The Morgan fingerprint density at radius 3 is 2.71 bits per heavy atom. The lowest BCUT2D eigenvalue weighted by Crippen LogP contribution is -2.26. The molecule has 1 rings (SSSR count). The van der Waals surface area contributed by atoms with Gasteiger partial charge in [0.15, 0.2) is 0 Å². The number of rotatable bonds is 6. The van der Waals surface area contributed by atoms with Gasteiger partial charge in [0.25, 0.3) is 5.56 Å². The van der Waals surface area contributed by atoms with E-state index < -0.39 is 0 Å². The summed E-state index contributed by atoms with van der Waals surface area (Å²) >= 11 is 0. The van der Waals surface area contributed by atoms with Crippen LogP contribution in [0.5, 0.6) is 0 Å². The van der Waals surface area contributed by atoms with Gasteiger partial charge in [-0.3, -0.25) is 9.79 Å². The molecule has 0 aliphatic carbocycles. The van der Waals surface area contributed by atoms with E-state index in [1.807, 2.05) is 23.4 Å². The molecule has 1 N–H and O–H groups in total. The van der Waals surface area contributed by atoms with Crippen LogP contribution in [0, 0.1) is 6.92 Å². The Morgan fingerprint density at radius 1 is 1.35 bits per heavy atom. The van der Waals surface area contributed by atoms with Gasteiger partial charge in [-0.1, -0.05) is 19.9 Å². The fourth-order valence-corrected chi connectivity index (χ4v) is 1.47. The van der Waals surface area contributed by atoms with Crippen molar-refractivity contribution in [2.24, 2.45) is 4.99 Å². The lowest BCUT2D eigenvalue weighted by atomic mass is 10.3. The number of aromatic amines is 1. The van der Waals surface area contributed by atoms with Gasteiger partial charge in [0.2, 0.25) is 0 Å². The molecule has 0 aromatic carbocycles. The van der Waals surface area contributed by atoms with Crippen molar-refractivity contribution in [1.82, 2.24) is 4.98 Å². The molecule has 0 aliphatic rings. The van der Waals surface area contributed by atoms with Crippen LogP contribution >= 0.6 is 0 Å². The number of H-pyrrole nitrogens is 1. The molecule has 0 saturated carbocycles. The van der Waals surface area contributed by atoms with Gasteiger partial charge in [-0.05, 0) is 25.8 Å². The van der Waals surface area contributed by atoms with Crippen LogP contribution in [0.2, 0.25) is 0 Å². The first-order valence-corrected chi connectivity index (χ1v) is 6.15. The Hall–Kier alpha value is -1.58. The maximum Gasteiger partial charge on any atom is 0.252 e. The van der Waals surface area contributed by atoms with E-state index in [2.05, 4.69) is 23.8 Å². The summed E-state index contributed by atoms with van der Waals surface area (Å²) in [6, 6.07) is 3.76. The van der Waals surface area contributed by atoms with Crippen molar-refractivity contribution in [2.45, 2.75) is 33.6 Å². The van der Waals surface area contributed by atoms with Crippen molar-refractivity contribution in [3.05, 3.63) is 28.0 Å². The lowest BCUT2D eigenvalue weighted by Gasteiger charge is -2.18. The van der Waals surface area contributed by atoms with E-state index in [-0.39, 0.29) is 5.56 Å². The van der Waals surface area contributed by atoms with Crippen LogP contribution in [0.15, 0.2) is 21.9 Å². The molecule has 1 aromatic heterocycles. The molecule has 17 heavy (non-hydrogen) atoms. The van der Waals surface area contributed by atoms with Gasteiger partial charge in [0.1, 0.15) is 5.82 Å². The predicted octanol–water partition coefficient (Wildman–Crippen LogP) is 2.34. The van der Waals surface area contributed by atoms with E-state index in [0.717, 1.165) is 37.3 Å². The SMILES string of the molecule is CCCN=CN(CCC)c1ccc(C)c(=O)[nH]1. The summed E-state index contributed by atoms with van der Waals surface area (Å²) in [6.45, 7) is 7.67. The molecular weight excluding hydrogens is 214 g/mol. The summed E-state index contributed by atoms with van der Waals surface area (Å²) in [5.74, 6) is 0.808. The third-order valence-corrected chi connectivity index (χ3v) is 2.44. The van der Waals surface area contributed by atoms with Crippen LogP contribution in [0.1, 0.15) is 32.3 Å². The largest absolute Gasteiger partial charge is 0.319 e. The molecule has 0 fully saturated rings. The summed E-state index contributed by atoms with van der Waals surface area (Å²) < 4.78 is 0. The molecule has 0 aliphatic heterocycles. The van der Waals surface area contributed by atoms with Gasteiger partial charge in [0, 0.05) is 18.7 Å². The zero-order valence-corrected chi connectivity index (χ0v) is 10.9. The van der Waals surface area contributed by atoms with Crippen LogP contribution in [-0.4, -0.2) is 24.4 Å². The van der Waals surface area contributed by atoms with Crippen LogP contribution in [-0.2, 0) is 0 Å². The van der Waals surface area contributed by atoms with Crippen LogP contribution in [0.4, 0.5) is 5.82 Å². The van der Waals surface area contributed by atoms with E-state index in [0.29, 0.717) is 0 Å². The smallest absolute Gasteiger partial charge is 0.252 e. The van der Waals surface area contributed by atoms with E-state index >= 15 is 0 Å². The summed E-state index contributed by atoms with van der Waals surface area (Å²) in [5.41, 5.74) is 0.697. The molecule has 0 spiro atoms. The maximum atomic E-state index is 11.6. The number of nitrogens with zero attached hydrogens (tertiary/aromatic N) is 2. The highest BCUT2D eigenvalue weighted by Crippen LogP contribution is 2.07. The number of hydrogen-bond acceptors (Lipinski definition) is 2. The Morgan fingerprint density at radius 2 is 2.12 bits per heavy atom. The van der Waals surface area contributed by atoms with Crippen LogP contribution < -0.4 is 10.5 Å². The minimum absolute atomic E-state index is 0.0347. The Bertz CT molecular complexity index is 423. The third-order valence-electron chi connectivity index (χ3n) is 2.44. The number of anilines is 1. The normalized spacial score (nSPS) is 11.0. The summed E-state index contributed by atoms with van der Waals surface area (Å²) in [7, 11) is 0. The molecule has 1 heterocycles. The lowest BCUT2D eigenvalue weighted by molar-refractivity contribution is 0.878. The van der Waals surface area contributed by atoms with Gasteiger partial charge in [-0.25, -0.2) is 0 Å². The van der Waals surface area contributed by atoms with E-state index in [9.17, 15) is 4.79 Å². The summed E-state index contributed by atoms with van der Waals surface area (Å²) in [4.78, 5) is 20.7. The fourth-order valence-electron chi connectivity index (χ4n) is 1.47. The van der Waals surface area contributed by atoms with Crippen LogP contribution in [0.3, 0.4) is 0 Å². The minimum atomic E-state index is -0.0347. The summed E-state index contributed by atoms with van der Waals surface area (Å²) in [5, 5.41) is 0. The fraction of sp³-hybridized carbons (Fsp3) is 0.538. The number of pyridine rings is 1. The average molecular weight is 235 g/mol. The van der Waals surface area contributed by atoms with Crippen molar-refractivity contribution in [3.8, 4) is 0 Å². The number of aryl methyl sites for hydroxylation is 1. The highest BCUT2D eigenvalue weighted by molar-refractivity contribution is 5.77. The van der Waals surface area contributed by atoms with E-state index in [1.54, 1.807) is 6.92 Å². The molecule has 4 heteroatoms. The third kappa shape index (κ3) is 4.06. The molecule has 94 valence electrons. The molecule has 0 atom stereocenters. The number of aromatic nitrogens is 1. The zero-order chi connectivity index (χ0) is 12.7. The molecule has 0 bridgehead atoms. The van der Waals surface area contributed by atoms with E-state index in [4.69, 9.17) is 0 Å². The number of nitrogens with one attached hydrogen (secondary N) is 1. The Labute approximate surface area is 102 Å². The predicted molar refractivity (Wildman–Crippen MR) is 73.1 cm³/mol. The monoisotopic (exact) mass is 235 g/mol. The van der Waals surface area contributed by atoms with Gasteiger partial charge in [0.05, 0.1) is 6.34 Å². The highest BCUT2D eigenvalue weighted by atomic mass is 16.1. The second-order valence-electron chi connectivity index (χ2n) is 4.07. The second kappa shape index (κ2) is 6.89. The first-order chi connectivity index (χ1) is 8.19. The molecule has 4 nitrogen and oxygen atoms in total. The molecule has 0 saturated heterocycles. The molecule has 0 amide bonds. The molecule has 1 aromatic rings. The molecular formula is C13H21N3O. The topological polar surface area (TPSA) is 48.5 Å². The highest BCUT2D eigenvalue weighted by Gasteiger charge is 2.04. The van der Waals surface area contributed by atoms with E-state index in [1.165, 1.54) is 0 Å². The van der Waals surface area contributed by atoms with Crippen molar-refractivity contribution in [2.75, 3.05) is 18.0 Å². The second-order valence-corrected chi connectivity index (χ2v) is 4.07. The molecule has 0 radical (unpaired) electrons. The maximum absolute atomic E-state index is 11.6. The standard InChI is InChI=1S/C13H21N3O/c1-4-8-14-10-16(9-5-2)12-7-6-11(3)13(17)15-12/h6-7,10H,4-5,8-9H2,1-3H3,(H,15,17). The van der Waals surface area contributed by atoms with Gasteiger partial charge in [-0.2, -0.15) is 0 Å². The van der Waals surface area contributed by atoms with Gasteiger partial charge in [-0.15, -0.1) is 0 Å². The van der Waals surface area contributed by atoms with Crippen molar-refractivity contribution < 1.29 is 0 Å². The quantitative estimate of drug-likeness (QED) is 0.607. The Balaban J connectivity index is 2.88.